The Balaban J connectivity index is 2.30. The Labute approximate surface area is 49.4 Å². The molecular weight excluding hydrogens is 103 g/mol. The van der Waals surface area contributed by atoms with Crippen LogP contribution in [0.5, 0.6) is 0 Å². The molecule has 0 nitrogen and oxygen atoms in total. The van der Waals surface area contributed by atoms with E-state index in [0.29, 0.717) is 6.42 Å². The molecule has 1 aliphatic rings. The summed E-state index contributed by atoms with van der Waals surface area (Å²) in [6.07, 6.45) is 6.94. The summed E-state index contributed by atoms with van der Waals surface area (Å²) in [5, 5.41) is 0. The Hall–Kier alpha value is -0.330. The van der Waals surface area contributed by atoms with Gasteiger partial charge in [-0.2, -0.15) is 0 Å². The molecule has 0 aromatic rings. The Morgan fingerprint density at radius 3 is 3.12 bits per heavy atom. The van der Waals surface area contributed by atoms with Crippen LogP contribution in [0.4, 0.5) is 4.39 Å². The van der Waals surface area contributed by atoms with Gasteiger partial charge in [0.05, 0.1) is 0 Å². The number of alkyl halides is 1. The lowest BCUT2D eigenvalue weighted by atomic mass is 10.2. The van der Waals surface area contributed by atoms with Crippen molar-refractivity contribution in [2.45, 2.75) is 31.9 Å². The van der Waals surface area contributed by atoms with Crippen molar-refractivity contribution in [3.63, 3.8) is 0 Å². The monoisotopic (exact) mass is 114 g/mol. The van der Waals surface area contributed by atoms with Crippen molar-refractivity contribution in [2.75, 3.05) is 0 Å². The van der Waals surface area contributed by atoms with Crippen LogP contribution >= 0.6 is 0 Å². The van der Waals surface area contributed by atoms with E-state index in [1.54, 1.807) is 0 Å². The second-order valence-electron chi connectivity index (χ2n) is 2.24. The average Bonchev–Trinajstić information content (AvgIpc) is 1.94. The normalized spacial score (nSPS) is 29.9. The fourth-order valence-corrected chi connectivity index (χ4v) is 0.937. The van der Waals surface area contributed by atoms with Gasteiger partial charge in [-0.05, 0) is 25.7 Å². The summed E-state index contributed by atoms with van der Waals surface area (Å²) in [6.45, 7) is 0. The molecule has 0 spiro atoms. The summed E-state index contributed by atoms with van der Waals surface area (Å²) < 4.78 is 12.4. The Kier molecular flexibility index (Phi) is 2.07. The summed E-state index contributed by atoms with van der Waals surface area (Å²) in [7, 11) is 0. The fraction of sp³-hybridized carbons (Fsp3) is 0.714. The third-order valence-electron chi connectivity index (χ3n) is 1.45. The first-order chi connectivity index (χ1) is 3.89. The molecule has 1 rings (SSSR count). The standard InChI is InChI=1S/C7H11F/c8-7-5-3-1-2-4-6-7/h1,3,7H,2,4-6H2/t7-/m0/s1. The summed E-state index contributed by atoms with van der Waals surface area (Å²) in [6, 6.07) is 0. The minimum absolute atomic E-state index is 0.561. The van der Waals surface area contributed by atoms with Crippen LogP contribution in [0.25, 0.3) is 0 Å². The van der Waals surface area contributed by atoms with E-state index >= 15 is 0 Å². The van der Waals surface area contributed by atoms with Gasteiger partial charge < -0.3 is 0 Å². The molecule has 1 heteroatoms. The lowest BCUT2D eigenvalue weighted by Crippen LogP contribution is -1.94. The molecule has 0 fully saturated rings. The predicted molar refractivity (Wildman–Crippen MR) is 32.5 cm³/mol. The first-order valence-corrected chi connectivity index (χ1v) is 3.18. The van der Waals surface area contributed by atoms with Crippen LogP contribution in [0.2, 0.25) is 0 Å². The molecule has 0 saturated carbocycles. The average molecular weight is 114 g/mol. The molecule has 0 unspecified atom stereocenters. The SMILES string of the molecule is F[C@H]1CC=CCCC1. The van der Waals surface area contributed by atoms with E-state index in [4.69, 9.17) is 0 Å². The predicted octanol–water partition coefficient (Wildman–Crippen LogP) is 2.45. The van der Waals surface area contributed by atoms with Crippen molar-refractivity contribution in [2.24, 2.45) is 0 Å². The van der Waals surface area contributed by atoms with Crippen LogP contribution in [0.15, 0.2) is 12.2 Å². The van der Waals surface area contributed by atoms with E-state index in [9.17, 15) is 4.39 Å². The van der Waals surface area contributed by atoms with Gasteiger partial charge in [0.2, 0.25) is 0 Å². The molecule has 1 aliphatic carbocycles. The number of hydrogen-bond donors (Lipinski definition) is 0. The zero-order valence-electron chi connectivity index (χ0n) is 4.94. The second-order valence-corrected chi connectivity index (χ2v) is 2.24. The Morgan fingerprint density at radius 2 is 2.25 bits per heavy atom. The fourth-order valence-electron chi connectivity index (χ4n) is 0.937. The maximum absolute atomic E-state index is 12.4. The van der Waals surface area contributed by atoms with Crippen molar-refractivity contribution in [3.8, 4) is 0 Å². The topological polar surface area (TPSA) is 0 Å². The van der Waals surface area contributed by atoms with E-state index in [1.165, 1.54) is 0 Å². The summed E-state index contributed by atoms with van der Waals surface area (Å²) >= 11 is 0. The van der Waals surface area contributed by atoms with Gasteiger partial charge in [-0.3, -0.25) is 0 Å². The summed E-state index contributed by atoms with van der Waals surface area (Å²) in [4.78, 5) is 0. The second kappa shape index (κ2) is 2.85. The zero-order valence-corrected chi connectivity index (χ0v) is 4.94. The van der Waals surface area contributed by atoms with E-state index in [0.717, 1.165) is 19.3 Å². The molecule has 0 aliphatic heterocycles. The van der Waals surface area contributed by atoms with Gasteiger partial charge in [-0.25, -0.2) is 4.39 Å². The lowest BCUT2D eigenvalue weighted by molar-refractivity contribution is 0.316. The van der Waals surface area contributed by atoms with Crippen LogP contribution in [0.1, 0.15) is 25.7 Å². The maximum Gasteiger partial charge on any atom is 0.104 e. The third-order valence-corrected chi connectivity index (χ3v) is 1.45. The minimum atomic E-state index is -0.561. The molecule has 0 radical (unpaired) electrons. The van der Waals surface area contributed by atoms with Gasteiger partial charge in [-0.15, -0.1) is 0 Å². The summed E-state index contributed by atoms with van der Waals surface area (Å²) in [5.41, 5.74) is 0. The largest absolute Gasteiger partial charge is 0.247 e. The molecule has 0 bridgehead atoms. The van der Waals surface area contributed by atoms with Gasteiger partial charge in [0.15, 0.2) is 0 Å². The van der Waals surface area contributed by atoms with Crippen molar-refractivity contribution in [1.82, 2.24) is 0 Å². The molecule has 1 atom stereocenters. The third kappa shape index (κ3) is 1.65. The molecule has 0 saturated heterocycles. The quantitative estimate of drug-likeness (QED) is 0.424. The Bertz CT molecular complexity index is 86.4. The van der Waals surface area contributed by atoms with Gasteiger partial charge in [0.1, 0.15) is 6.17 Å². The number of allylic oxidation sites excluding steroid dienone is 2. The maximum atomic E-state index is 12.4. The number of hydrogen-bond acceptors (Lipinski definition) is 0. The molecular formula is C7H11F. The van der Waals surface area contributed by atoms with E-state index in [-0.39, 0.29) is 0 Å². The highest BCUT2D eigenvalue weighted by Crippen LogP contribution is 2.13. The highest BCUT2D eigenvalue weighted by atomic mass is 19.1. The van der Waals surface area contributed by atoms with Crippen LogP contribution in [0, 0.1) is 0 Å². The Morgan fingerprint density at radius 1 is 1.38 bits per heavy atom. The molecule has 0 aromatic carbocycles. The van der Waals surface area contributed by atoms with Crippen molar-refractivity contribution in [1.29, 1.82) is 0 Å². The zero-order chi connectivity index (χ0) is 5.82. The van der Waals surface area contributed by atoms with Gasteiger partial charge in [0.25, 0.3) is 0 Å². The van der Waals surface area contributed by atoms with Crippen molar-refractivity contribution in [3.05, 3.63) is 12.2 Å². The summed E-state index contributed by atoms with van der Waals surface area (Å²) in [5.74, 6) is 0. The molecule has 0 amide bonds. The molecule has 46 valence electrons. The van der Waals surface area contributed by atoms with Crippen LogP contribution < -0.4 is 0 Å². The van der Waals surface area contributed by atoms with Crippen LogP contribution in [-0.2, 0) is 0 Å². The number of halogens is 1. The highest BCUT2D eigenvalue weighted by molar-refractivity contribution is 4.87. The van der Waals surface area contributed by atoms with Crippen molar-refractivity contribution >= 4 is 0 Å². The molecule has 0 aromatic heterocycles. The first kappa shape index (κ1) is 5.80. The van der Waals surface area contributed by atoms with Gasteiger partial charge >= 0.3 is 0 Å². The minimum Gasteiger partial charge on any atom is -0.247 e. The lowest BCUT2D eigenvalue weighted by Gasteiger charge is -1.97. The molecule has 8 heavy (non-hydrogen) atoms. The van der Waals surface area contributed by atoms with Crippen LogP contribution in [-0.4, -0.2) is 6.17 Å². The van der Waals surface area contributed by atoms with E-state index < -0.39 is 6.17 Å². The van der Waals surface area contributed by atoms with Gasteiger partial charge in [-0.1, -0.05) is 12.2 Å². The highest BCUT2D eigenvalue weighted by Gasteiger charge is 2.04. The van der Waals surface area contributed by atoms with E-state index in [2.05, 4.69) is 6.08 Å². The van der Waals surface area contributed by atoms with Gasteiger partial charge in [0, 0.05) is 0 Å². The number of rotatable bonds is 0. The van der Waals surface area contributed by atoms with E-state index in [1.807, 2.05) is 6.08 Å². The molecule has 0 N–H and O–H groups in total. The molecule has 0 heterocycles. The van der Waals surface area contributed by atoms with Crippen molar-refractivity contribution < 1.29 is 4.39 Å². The smallest absolute Gasteiger partial charge is 0.104 e. The van der Waals surface area contributed by atoms with Crippen LogP contribution in [0.3, 0.4) is 0 Å². The first-order valence-electron chi connectivity index (χ1n) is 3.18.